The molecule has 0 bridgehead atoms. The zero-order chi connectivity index (χ0) is 14.2. The van der Waals surface area contributed by atoms with Crippen LogP contribution in [0.15, 0.2) is 12.3 Å². The number of rotatable bonds is 3. The van der Waals surface area contributed by atoms with E-state index >= 15 is 0 Å². The van der Waals surface area contributed by atoms with Crippen molar-refractivity contribution in [3.05, 3.63) is 17.8 Å². The van der Waals surface area contributed by atoms with Gasteiger partial charge in [-0.25, -0.2) is 9.37 Å². The van der Waals surface area contributed by atoms with Gasteiger partial charge in [-0.05, 0) is 31.4 Å². The Hall–Kier alpha value is -1.65. The average Bonchev–Trinajstić information content (AvgIpc) is 2.33. The van der Waals surface area contributed by atoms with Crippen LogP contribution in [0.2, 0.25) is 0 Å². The molecule has 2 heterocycles. The van der Waals surface area contributed by atoms with Gasteiger partial charge in [-0.1, -0.05) is 13.8 Å². The van der Waals surface area contributed by atoms with E-state index in [4.69, 9.17) is 4.74 Å². The van der Waals surface area contributed by atoms with Gasteiger partial charge in [0.2, 0.25) is 0 Å². The third-order valence-corrected chi connectivity index (χ3v) is 3.21. The van der Waals surface area contributed by atoms with E-state index in [9.17, 15) is 9.18 Å². The molecule has 0 aliphatic carbocycles. The van der Waals surface area contributed by atoms with E-state index in [-0.39, 0.29) is 12.5 Å². The highest BCUT2D eigenvalue weighted by atomic mass is 19.1. The van der Waals surface area contributed by atoms with Gasteiger partial charge < -0.3 is 4.74 Å². The summed E-state index contributed by atoms with van der Waals surface area (Å²) in [6.45, 7) is 6.89. The summed E-state index contributed by atoms with van der Waals surface area (Å²) < 4.78 is 18.4. The molecule has 0 radical (unpaired) electrons. The SMILES string of the molecule is CC(C)c1cnc2c(c1)OC(C)(C)C(=O)N2CCF. The van der Waals surface area contributed by atoms with Crippen LogP contribution < -0.4 is 9.64 Å². The van der Waals surface area contributed by atoms with Crippen LogP contribution in [-0.4, -0.2) is 29.7 Å². The number of carbonyl (C=O) groups is 1. The van der Waals surface area contributed by atoms with Crippen LogP contribution in [0, 0.1) is 0 Å². The van der Waals surface area contributed by atoms with Crippen LogP contribution in [0.3, 0.4) is 0 Å². The second-order valence-corrected chi connectivity index (χ2v) is 5.50. The predicted octanol–water partition coefficient (Wildman–Crippen LogP) is 2.68. The van der Waals surface area contributed by atoms with Gasteiger partial charge in [0.1, 0.15) is 6.67 Å². The van der Waals surface area contributed by atoms with E-state index in [1.807, 2.05) is 6.07 Å². The van der Waals surface area contributed by atoms with E-state index in [2.05, 4.69) is 18.8 Å². The molecular weight excluding hydrogens is 247 g/mol. The Morgan fingerprint density at radius 3 is 2.74 bits per heavy atom. The lowest BCUT2D eigenvalue weighted by molar-refractivity contribution is -0.132. The fourth-order valence-electron chi connectivity index (χ4n) is 2.08. The number of amides is 1. The molecule has 1 aliphatic heterocycles. The molecule has 0 saturated carbocycles. The molecule has 0 saturated heterocycles. The van der Waals surface area contributed by atoms with Crippen molar-refractivity contribution in [2.24, 2.45) is 0 Å². The lowest BCUT2D eigenvalue weighted by atomic mass is 10.0. The second-order valence-electron chi connectivity index (χ2n) is 5.50. The van der Waals surface area contributed by atoms with Crippen LogP contribution in [0.5, 0.6) is 5.75 Å². The van der Waals surface area contributed by atoms with Gasteiger partial charge in [-0.15, -0.1) is 0 Å². The molecule has 0 fully saturated rings. The molecule has 1 aromatic rings. The zero-order valence-corrected chi connectivity index (χ0v) is 11.7. The first kappa shape index (κ1) is 13.8. The molecule has 1 aliphatic rings. The van der Waals surface area contributed by atoms with Gasteiger partial charge in [0.05, 0.1) is 6.54 Å². The van der Waals surface area contributed by atoms with Crippen molar-refractivity contribution in [2.45, 2.75) is 39.2 Å². The van der Waals surface area contributed by atoms with Gasteiger partial charge in [0.15, 0.2) is 17.2 Å². The minimum Gasteiger partial charge on any atom is -0.474 e. The Labute approximate surface area is 112 Å². The summed E-state index contributed by atoms with van der Waals surface area (Å²) in [6.07, 6.45) is 1.71. The highest BCUT2D eigenvalue weighted by Gasteiger charge is 2.41. The number of halogens is 1. The average molecular weight is 266 g/mol. The third-order valence-electron chi connectivity index (χ3n) is 3.21. The summed E-state index contributed by atoms with van der Waals surface area (Å²) in [7, 11) is 0. The molecule has 0 spiro atoms. The Balaban J connectivity index is 2.49. The van der Waals surface area contributed by atoms with Crippen molar-refractivity contribution in [1.29, 1.82) is 0 Å². The predicted molar refractivity (Wildman–Crippen MR) is 71.4 cm³/mol. The lowest BCUT2D eigenvalue weighted by Gasteiger charge is -2.37. The van der Waals surface area contributed by atoms with Crippen molar-refractivity contribution in [1.82, 2.24) is 4.98 Å². The van der Waals surface area contributed by atoms with E-state index in [0.29, 0.717) is 17.5 Å². The van der Waals surface area contributed by atoms with E-state index < -0.39 is 12.3 Å². The highest BCUT2D eigenvalue weighted by molar-refractivity contribution is 6.01. The molecule has 0 atom stereocenters. The largest absolute Gasteiger partial charge is 0.474 e. The van der Waals surface area contributed by atoms with Gasteiger partial charge in [-0.3, -0.25) is 9.69 Å². The number of nitrogens with zero attached hydrogens (tertiary/aromatic N) is 2. The summed E-state index contributed by atoms with van der Waals surface area (Å²) in [5, 5.41) is 0. The normalized spacial score (nSPS) is 17.4. The number of carbonyl (C=O) groups excluding carboxylic acids is 1. The number of anilines is 1. The quantitative estimate of drug-likeness (QED) is 0.844. The smallest absolute Gasteiger partial charge is 0.271 e. The van der Waals surface area contributed by atoms with Crippen LogP contribution in [0.25, 0.3) is 0 Å². The minimum atomic E-state index is -0.987. The number of hydrogen-bond acceptors (Lipinski definition) is 3. The van der Waals surface area contributed by atoms with E-state index in [1.54, 1.807) is 20.0 Å². The van der Waals surface area contributed by atoms with Crippen molar-refractivity contribution in [2.75, 3.05) is 18.1 Å². The molecule has 19 heavy (non-hydrogen) atoms. The maximum Gasteiger partial charge on any atom is 0.271 e. The van der Waals surface area contributed by atoms with Crippen molar-refractivity contribution >= 4 is 11.7 Å². The fourth-order valence-corrected chi connectivity index (χ4v) is 2.08. The fraction of sp³-hybridized carbons (Fsp3) is 0.571. The number of alkyl halides is 1. The van der Waals surface area contributed by atoms with Crippen LogP contribution in [0.4, 0.5) is 10.2 Å². The summed E-state index contributed by atoms with van der Waals surface area (Å²) in [5.41, 5.74) is 0.0449. The summed E-state index contributed by atoms with van der Waals surface area (Å²) in [6, 6.07) is 1.88. The Morgan fingerprint density at radius 1 is 1.47 bits per heavy atom. The Bertz CT molecular complexity index is 500. The molecule has 1 aromatic heterocycles. The first-order valence-corrected chi connectivity index (χ1v) is 6.43. The maximum atomic E-state index is 12.6. The Morgan fingerprint density at radius 2 is 2.16 bits per heavy atom. The van der Waals surface area contributed by atoms with E-state index in [0.717, 1.165) is 5.56 Å². The third kappa shape index (κ3) is 2.41. The standard InChI is InChI=1S/C14H19FN2O2/c1-9(2)10-7-11-12(16-8-10)17(6-5-15)13(18)14(3,4)19-11/h7-9H,5-6H2,1-4H3. The number of ether oxygens (including phenoxy) is 1. The molecule has 0 unspecified atom stereocenters. The maximum absolute atomic E-state index is 12.6. The first-order valence-electron chi connectivity index (χ1n) is 6.43. The molecule has 5 heteroatoms. The monoisotopic (exact) mass is 266 g/mol. The highest BCUT2D eigenvalue weighted by Crippen LogP contribution is 2.37. The van der Waals surface area contributed by atoms with Crippen molar-refractivity contribution in [3.8, 4) is 5.75 Å². The van der Waals surface area contributed by atoms with Crippen molar-refractivity contribution in [3.63, 3.8) is 0 Å². The van der Waals surface area contributed by atoms with Crippen LogP contribution >= 0.6 is 0 Å². The zero-order valence-electron chi connectivity index (χ0n) is 11.7. The minimum absolute atomic E-state index is 0.00660. The topological polar surface area (TPSA) is 42.4 Å². The molecular formula is C14H19FN2O2. The molecule has 0 aromatic carbocycles. The van der Waals surface area contributed by atoms with Gasteiger partial charge >= 0.3 is 0 Å². The number of fused-ring (bicyclic) bond motifs is 1. The summed E-state index contributed by atoms with van der Waals surface area (Å²) in [5.74, 6) is 1.01. The summed E-state index contributed by atoms with van der Waals surface area (Å²) in [4.78, 5) is 17.8. The molecule has 4 nitrogen and oxygen atoms in total. The second kappa shape index (κ2) is 4.79. The van der Waals surface area contributed by atoms with Crippen molar-refractivity contribution < 1.29 is 13.9 Å². The first-order chi connectivity index (χ1) is 8.86. The van der Waals surface area contributed by atoms with Crippen LogP contribution in [0.1, 0.15) is 39.2 Å². The molecule has 0 N–H and O–H groups in total. The molecule has 1 amide bonds. The Kier molecular flexibility index (Phi) is 3.47. The van der Waals surface area contributed by atoms with Crippen LogP contribution in [-0.2, 0) is 4.79 Å². The number of pyridine rings is 1. The molecule has 2 rings (SSSR count). The number of hydrogen-bond donors (Lipinski definition) is 0. The molecule has 104 valence electrons. The van der Waals surface area contributed by atoms with E-state index in [1.165, 1.54) is 4.90 Å². The van der Waals surface area contributed by atoms with Gasteiger partial charge in [0.25, 0.3) is 5.91 Å². The number of aromatic nitrogens is 1. The summed E-state index contributed by atoms with van der Waals surface area (Å²) >= 11 is 0. The van der Waals surface area contributed by atoms with Gasteiger partial charge in [-0.2, -0.15) is 0 Å². The van der Waals surface area contributed by atoms with Gasteiger partial charge in [0, 0.05) is 6.20 Å². The lowest BCUT2D eigenvalue weighted by Crippen LogP contribution is -2.53.